The number of fused-ring (bicyclic) bond motifs is 3. The highest BCUT2D eigenvalue weighted by atomic mass is 16.9. The summed E-state index contributed by atoms with van der Waals surface area (Å²) in [7, 11) is 0. The largest absolute Gasteiger partial charge is 0.465 e. The molecule has 4 aliphatic heterocycles. The van der Waals surface area contributed by atoms with Gasteiger partial charge in [0.2, 0.25) is 0 Å². The maximum Gasteiger partial charge on any atom is 0.309 e. The van der Waals surface area contributed by atoms with E-state index in [2.05, 4.69) is 13.0 Å². The number of rotatable bonds is 15. The van der Waals surface area contributed by atoms with Gasteiger partial charge in [0, 0.05) is 30.8 Å². The van der Waals surface area contributed by atoms with Crippen LogP contribution in [0.2, 0.25) is 0 Å². The highest BCUT2D eigenvalue weighted by Gasteiger charge is 2.92. The van der Waals surface area contributed by atoms with Gasteiger partial charge in [-0.25, -0.2) is 0 Å². The van der Waals surface area contributed by atoms with Crippen LogP contribution in [0.3, 0.4) is 0 Å². The molecule has 0 spiro atoms. The molecule has 4 saturated heterocycles. The van der Waals surface area contributed by atoms with Crippen LogP contribution in [0, 0.1) is 29.6 Å². The molecular weight excluding hydrogens is 672 g/mol. The van der Waals surface area contributed by atoms with Crippen LogP contribution < -0.4 is 0 Å². The molecule has 12 heteroatoms. The van der Waals surface area contributed by atoms with Crippen molar-refractivity contribution < 1.29 is 57.8 Å². The quantitative estimate of drug-likeness (QED) is 0.107. The van der Waals surface area contributed by atoms with Crippen molar-refractivity contribution in [3.63, 3.8) is 0 Å². The van der Waals surface area contributed by atoms with E-state index < -0.39 is 100 Å². The number of ether oxygens (including phenoxy) is 7. The summed E-state index contributed by atoms with van der Waals surface area (Å²) in [5.74, 6) is -6.59. The number of hydrogen-bond acceptors (Lipinski definition) is 12. The summed E-state index contributed by atoms with van der Waals surface area (Å²) in [5, 5.41) is 23.6. The van der Waals surface area contributed by atoms with Gasteiger partial charge in [-0.3, -0.25) is 14.4 Å². The molecular formula is C40H56O12. The highest BCUT2D eigenvalue weighted by Crippen LogP contribution is 2.74. The zero-order valence-corrected chi connectivity index (χ0v) is 31.6. The van der Waals surface area contributed by atoms with E-state index in [0.717, 1.165) is 25.7 Å². The number of Topliss-reactive ketones (excluding diaryl/α,β-unsaturated/α-hetero) is 1. The summed E-state index contributed by atoms with van der Waals surface area (Å²) in [6.45, 7) is 12.7. The molecule has 0 aromatic heterocycles. The van der Waals surface area contributed by atoms with E-state index in [-0.39, 0.29) is 32.0 Å². The molecule has 6 fully saturated rings. The Balaban J connectivity index is 1.45. The Bertz CT molecular complexity index is 1550. The van der Waals surface area contributed by atoms with Crippen LogP contribution in [0.4, 0.5) is 0 Å². The highest BCUT2D eigenvalue weighted by molar-refractivity contribution is 6.04. The van der Waals surface area contributed by atoms with Crippen molar-refractivity contribution in [2.24, 2.45) is 29.6 Å². The minimum absolute atomic E-state index is 0.0169. The lowest BCUT2D eigenvalue weighted by Gasteiger charge is -2.61. The van der Waals surface area contributed by atoms with Crippen molar-refractivity contribution in [3.05, 3.63) is 36.0 Å². The molecule has 0 radical (unpaired) electrons. The standard InChI is InChI=1S/C40H56O12/c1-8-10-11-12-13-14-15-16-38-50-33-29-32-36(21-41,49-32)20-37(45)27(18-25(6)30(37)43)39(29,51-38)26(19-46-28(42)17-23(3)4)31(48-34(44)24(5)9-2)40(33,52-38)35(7)22-47-35/h13-16,18,23-24,26-27,29,31-33,41,45H,8-12,17,19-22H2,1-7H3/b14-13+,16-15+/t24?,26-,27-,29+,31+,32+,33-,35?,36+,37-,38?,39+,40+/m1/s1. The lowest BCUT2D eigenvalue weighted by Crippen LogP contribution is -2.79. The average Bonchev–Trinajstić information content (AvgIpc) is 3.99. The van der Waals surface area contributed by atoms with E-state index in [4.69, 9.17) is 33.2 Å². The molecule has 0 amide bonds. The topological polar surface area (TPSA) is 163 Å². The molecule has 2 saturated carbocycles. The summed E-state index contributed by atoms with van der Waals surface area (Å²) >= 11 is 0. The maximum atomic E-state index is 14.1. The van der Waals surface area contributed by atoms with E-state index in [1.807, 2.05) is 33.8 Å². The van der Waals surface area contributed by atoms with Gasteiger partial charge >= 0.3 is 17.9 Å². The van der Waals surface area contributed by atoms with Crippen LogP contribution in [0.25, 0.3) is 0 Å². The molecule has 3 aliphatic carbocycles. The first-order chi connectivity index (χ1) is 24.6. The molecule has 13 atom stereocenters. The first kappa shape index (κ1) is 37.8. The van der Waals surface area contributed by atoms with Crippen LogP contribution >= 0.6 is 0 Å². The first-order valence-electron chi connectivity index (χ1n) is 19.3. The Kier molecular flexibility index (Phi) is 9.53. The number of unbranched alkanes of at least 4 members (excludes halogenated alkanes) is 3. The molecule has 52 heavy (non-hydrogen) atoms. The van der Waals surface area contributed by atoms with Crippen LogP contribution in [0.15, 0.2) is 36.0 Å². The number of hydrogen-bond donors (Lipinski definition) is 2. The zero-order chi connectivity index (χ0) is 37.5. The summed E-state index contributed by atoms with van der Waals surface area (Å²) < 4.78 is 46.6. The van der Waals surface area contributed by atoms with Gasteiger partial charge in [-0.1, -0.05) is 71.8 Å². The number of ketones is 1. The second-order valence-electron chi connectivity index (χ2n) is 16.9. The fraction of sp³-hybridized carbons (Fsp3) is 0.775. The number of carbonyl (C=O) groups is 3. The van der Waals surface area contributed by atoms with E-state index >= 15 is 0 Å². The minimum atomic E-state index is -2.07. The van der Waals surface area contributed by atoms with E-state index in [0.29, 0.717) is 12.0 Å². The number of esters is 2. The summed E-state index contributed by atoms with van der Waals surface area (Å²) in [6.07, 6.45) is 10.9. The zero-order valence-electron chi connectivity index (χ0n) is 31.6. The number of carbonyl (C=O) groups excluding carboxylic acids is 3. The van der Waals surface area contributed by atoms with Gasteiger partial charge in [-0.15, -0.1) is 0 Å². The Hall–Kier alpha value is -2.45. The van der Waals surface area contributed by atoms with Crippen LogP contribution in [0.1, 0.15) is 93.4 Å². The third-order valence-corrected chi connectivity index (χ3v) is 12.9. The van der Waals surface area contributed by atoms with Gasteiger partial charge in [0.1, 0.15) is 41.2 Å². The van der Waals surface area contributed by atoms with Crippen molar-refractivity contribution in [1.82, 2.24) is 0 Å². The smallest absolute Gasteiger partial charge is 0.309 e. The number of epoxide rings is 2. The lowest BCUT2D eigenvalue weighted by molar-refractivity contribution is -0.408. The summed E-state index contributed by atoms with van der Waals surface area (Å²) in [4.78, 5) is 41.4. The van der Waals surface area contributed by atoms with E-state index in [9.17, 15) is 24.6 Å². The Morgan fingerprint density at radius 1 is 1.10 bits per heavy atom. The molecule has 7 aliphatic rings. The average molecular weight is 729 g/mol. The van der Waals surface area contributed by atoms with Crippen molar-refractivity contribution in [3.8, 4) is 0 Å². The Morgan fingerprint density at radius 2 is 1.85 bits per heavy atom. The lowest BCUT2D eigenvalue weighted by atomic mass is 9.51. The second kappa shape index (κ2) is 13.1. The van der Waals surface area contributed by atoms with Gasteiger partial charge in [-0.2, -0.15) is 0 Å². The van der Waals surface area contributed by atoms with Gasteiger partial charge < -0.3 is 43.4 Å². The summed E-state index contributed by atoms with van der Waals surface area (Å²) in [6, 6.07) is 0. The van der Waals surface area contributed by atoms with Gasteiger partial charge in [0.05, 0.1) is 31.2 Å². The number of aliphatic hydroxyl groups excluding tert-OH is 1. The van der Waals surface area contributed by atoms with Crippen LogP contribution in [-0.4, -0.2) is 100 Å². The fourth-order valence-electron chi connectivity index (χ4n) is 9.92. The normalized spacial score (nSPS) is 45.8. The van der Waals surface area contributed by atoms with Crippen molar-refractivity contribution in [2.45, 2.75) is 146 Å². The minimum Gasteiger partial charge on any atom is -0.465 e. The Labute approximate surface area is 306 Å². The molecule has 0 aromatic carbocycles. The molecule has 12 nitrogen and oxygen atoms in total. The molecule has 3 unspecified atom stereocenters. The van der Waals surface area contributed by atoms with E-state index in [1.165, 1.54) is 0 Å². The number of allylic oxidation sites excluding steroid dienone is 3. The van der Waals surface area contributed by atoms with Gasteiger partial charge in [0.25, 0.3) is 0 Å². The summed E-state index contributed by atoms with van der Waals surface area (Å²) in [5.41, 5.74) is -7.20. The third-order valence-electron chi connectivity index (χ3n) is 12.9. The first-order valence-corrected chi connectivity index (χ1v) is 19.3. The monoisotopic (exact) mass is 728 g/mol. The van der Waals surface area contributed by atoms with Crippen molar-refractivity contribution in [2.75, 3.05) is 19.8 Å². The molecule has 7 rings (SSSR count). The molecule has 4 heterocycles. The molecule has 3 bridgehead atoms. The predicted octanol–water partition coefficient (Wildman–Crippen LogP) is 4.25. The molecule has 288 valence electrons. The van der Waals surface area contributed by atoms with Gasteiger partial charge in [0.15, 0.2) is 11.4 Å². The SMILES string of the molecule is CCCCC/C=C/C=C/C12O[C@@H]3[C@@H]4[C@@H]5O[C@]5(CO)C[C@]5(O)C(=O)C(C)=C[C@H]5[C@@]4(O1)[C@H](COC(=O)CC(C)C)[C@H](OC(=O)C(C)CC)[C@]3(C1(C)CO1)O2. The van der Waals surface area contributed by atoms with Crippen LogP contribution in [-0.2, 0) is 47.5 Å². The molecule has 2 N–H and O–H groups in total. The Morgan fingerprint density at radius 3 is 2.50 bits per heavy atom. The number of aliphatic hydroxyl groups is 2. The van der Waals surface area contributed by atoms with Gasteiger partial charge in [-0.05, 0) is 44.6 Å². The third kappa shape index (κ3) is 5.45. The predicted molar refractivity (Wildman–Crippen MR) is 185 cm³/mol. The second-order valence-corrected chi connectivity index (χ2v) is 16.9. The fourth-order valence-corrected chi connectivity index (χ4v) is 9.92. The van der Waals surface area contributed by atoms with E-state index in [1.54, 1.807) is 32.1 Å². The van der Waals surface area contributed by atoms with Crippen molar-refractivity contribution in [1.29, 1.82) is 0 Å². The van der Waals surface area contributed by atoms with Crippen LogP contribution in [0.5, 0.6) is 0 Å². The maximum absolute atomic E-state index is 14.1. The van der Waals surface area contributed by atoms with Crippen molar-refractivity contribution >= 4 is 17.7 Å². The molecule has 0 aromatic rings.